The van der Waals surface area contributed by atoms with Gasteiger partial charge in [-0.2, -0.15) is 0 Å². The fourth-order valence-electron chi connectivity index (χ4n) is 0.729. The van der Waals surface area contributed by atoms with Gasteiger partial charge in [-0.15, -0.1) is 0 Å². The van der Waals surface area contributed by atoms with Gasteiger partial charge in [-0.25, -0.2) is 0 Å². The van der Waals surface area contributed by atoms with Crippen molar-refractivity contribution >= 4 is 12.2 Å². The first kappa shape index (κ1) is 11.9. The van der Waals surface area contributed by atoms with Crippen molar-refractivity contribution in [2.75, 3.05) is 7.11 Å². The first-order chi connectivity index (χ1) is 6.31. The van der Waals surface area contributed by atoms with Crippen LogP contribution in [0.2, 0.25) is 0 Å². The molecule has 0 bridgehead atoms. The largest absolute Gasteiger partial charge is 0.469 e. The summed E-state index contributed by atoms with van der Waals surface area (Å²) in [6.45, 7) is 2.15. The average Bonchev–Trinajstić information content (AvgIpc) is 2.16. The Bertz CT molecular complexity index is 185. The highest BCUT2D eigenvalue weighted by Gasteiger charge is 1.92. The molecule has 0 aliphatic carbocycles. The van der Waals surface area contributed by atoms with E-state index in [0.717, 1.165) is 6.42 Å². The molecule has 0 fully saturated rings. The van der Waals surface area contributed by atoms with Gasteiger partial charge >= 0.3 is 5.97 Å². The molecule has 0 heterocycles. The number of carbonyl (C=O) groups is 1. The number of allylic oxidation sites excluding steroid dienone is 1. The first-order valence-electron chi connectivity index (χ1n) is 4.54. The van der Waals surface area contributed by atoms with Crippen molar-refractivity contribution in [1.29, 1.82) is 0 Å². The molecule has 3 nitrogen and oxygen atoms in total. The summed E-state index contributed by atoms with van der Waals surface area (Å²) in [5.41, 5.74) is 0. The molecule has 0 saturated carbocycles. The zero-order chi connectivity index (χ0) is 9.94. The molecule has 0 amide bonds. The standard InChI is InChI=1S/C10H17NO2/c1-3-4-5-6-8-11-9-7-10(12)13-2/h6,8-9H,3-5,7H2,1-2H3. The predicted molar refractivity (Wildman–Crippen MR) is 53.8 cm³/mol. The van der Waals surface area contributed by atoms with Crippen molar-refractivity contribution in [3.05, 3.63) is 12.3 Å². The summed E-state index contributed by atoms with van der Waals surface area (Å²) in [6.07, 6.45) is 8.93. The third-order valence-electron chi connectivity index (χ3n) is 1.51. The smallest absolute Gasteiger partial charge is 0.310 e. The van der Waals surface area contributed by atoms with Gasteiger partial charge in [-0.05, 0) is 6.42 Å². The summed E-state index contributed by atoms with van der Waals surface area (Å²) >= 11 is 0. The van der Waals surface area contributed by atoms with Crippen molar-refractivity contribution in [2.24, 2.45) is 4.99 Å². The fourth-order valence-corrected chi connectivity index (χ4v) is 0.729. The quantitative estimate of drug-likeness (QED) is 0.360. The summed E-state index contributed by atoms with van der Waals surface area (Å²) in [5, 5.41) is 0. The molecule has 0 aliphatic rings. The predicted octanol–water partition coefficient (Wildman–Crippen LogP) is 2.32. The lowest BCUT2D eigenvalue weighted by Gasteiger charge is -1.90. The van der Waals surface area contributed by atoms with Gasteiger partial charge in [0.25, 0.3) is 0 Å². The summed E-state index contributed by atoms with van der Waals surface area (Å²) in [5.74, 6) is -0.259. The van der Waals surface area contributed by atoms with Crippen LogP contribution in [0.1, 0.15) is 32.6 Å². The highest BCUT2D eigenvalue weighted by molar-refractivity contribution is 5.85. The Morgan fingerprint density at radius 2 is 2.31 bits per heavy atom. The Balaban J connectivity index is 3.40. The second-order valence-corrected chi connectivity index (χ2v) is 2.64. The zero-order valence-corrected chi connectivity index (χ0v) is 8.32. The van der Waals surface area contributed by atoms with Gasteiger partial charge in [-0.1, -0.05) is 25.8 Å². The van der Waals surface area contributed by atoms with Crippen LogP contribution in [0.25, 0.3) is 0 Å². The number of aliphatic imine (C=N–C) groups is 1. The Hall–Kier alpha value is -1.12. The van der Waals surface area contributed by atoms with Gasteiger partial charge < -0.3 is 4.74 Å². The van der Waals surface area contributed by atoms with E-state index in [1.54, 1.807) is 12.4 Å². The first-order valence-corrected chi connectivity index (χ1v) is 4.54. The van der Waals surface area contributed by atoms with E-state index in [-0.39, 0.29) is 12.4 Å². The monoisotopic (exact) mass is 183 g/mol. The van der Waals surface area contributed by atoms with E-state index >= 15 is 0 Å². The SMILES string of the molecule is CCCCC=CN=CCC(=O)OC. The minimum Gasteiger partial charge on any atom is -0.469 e. The van der Waals surface area contributed by atoms with Gasteiger partial charge in [0.15, 0.2) is 0 Å². The molecular weight excluding hydrogens is 166 g/mol. The third kappa shape index (κ3) is 8.79. The maximum Gasteiger partial charge on any atom is 0.310 e. The molecular formula is C10H17NO2. The van der Waals surface area contributed by atoms with Crippen LogP contribution in [0.5, 0.6) is 0 Å². The molecule has 0 rings (SSSR count). The van der Waals surface area contributed by atoms with E-state index in [1.165, 1.54) is 20.0 Å². The van der Waals surface area contributed by atoms with E-state index in [4.69, 9.17) is 0 Å². The molecule has 3 heteroatoms. The summed E-state index contributed by atoms with van der Waals surface area (Å²) in [7, 11) is 1.37. The maximum absolute atomic E-state index is 10.6. The Morgan fingerprint density at radius 1 is 1.54 bits per heavy atom. The average molecular weight is 183 g/mol. The molecule has 13 heavy (non-hydrogen) atoms. The molecule has 0 N–H and O–H groups in total. The van der Waals surface area contributed by atoms with Crippen LogP contribution in [0, 0.1) is 0 Å². The number of methoxy groups -OCH3 is 1. The molecule has 0 unspecified atom stereocenters. The van der Waals surface area contributed by atoms with Crippen molar-refractivity contribution in [3.63, 3.8) is 0 Å². The van der Waals surface area contributed by atoms with Crippen LogP contribution in [0.3, 0.4) is 0 Å². The molecule has 0 radical (unpaired) electrons. The van der Waals surface area contributed by atoms with Gasteiger partial charge in [0.1, 0.15) is 0 Å². The number of esters is 1. The van der Waals surface area contributed by atoms with Gasteiger partial charge in [0.05, 0.1) is 13.5 Å². The van der Waals surface area contributed by atoms with Gasteiger partial charge in [0, 0.05) is 12.4 Å². The van der Waals surface area contributed by atoms with Crippen molar-refractivity contribution in [2.45, 2.75) is 32.6 Å². The minimum atomic E-state index is -0.259. The lowest BCUT2D eigenvalue weighted by atomic mass is 10.2. The van der Waals surface area contributed by atoms with E-state index in [9.17, 15) is 4.79 Å². The van der Waals surface area contributed by atoms with Crippen LogP contribution < -0.4 is 0 Å². The summed E-state index contributed by atoms with van der Waals surface area (Å²) < 4.78 is 4.44. The van der Waals surface area contributed by atoms with Crippen molar-refractivity contribution in [3.8, 4) is 0 Å². The molecule has 0 aromatic heterocycles. The number of ether oxygens (including phenoxy) is 1. The number of rotatable bonds is 6. The maximum atomic E-state index is 10.6. The third-order valence-corrected chi connectivity index (χ3v) is 1.51. The number of unbranched alkanes of at least 4 members (excludes halogenated alkanes) is 2. The van der Waals surface area contributed by atoms with Crippen molar-refractivity contribution in [1.82, 2.24) is 0 Å². The number of hydrogen-bond acceptors (Lipinski definition) is 3. The molecule has 0 atom stereocenters. The minimum absolute atomic E-state index is 0.245. The lowest BCUT2D eigenvalue weighted by molar-refractivity contribution is -0.139. The molecule has 0 saturated heterocycles. The molecule has 74 valence electrons. The van der Waals surface area contributed by atoms with E-state index in [1.807, 2.05) is 6.08 Å². The van der Waals surface area contributed by atoms with Crippen LogP contribution in [-0.2, 0) is 9.53 Å². The molecule has 0 aliphatic heterocycles. The Labute approximate surface area is 79.5 Å². The summed E-state index contributed by atoms with van der Waals surface area (Å²) in [4.78, 5) is 14.5. The van der Waals surface area contributed by atoms with Crippen LogP contribution in [-0.4, -0.2) is 19.3 Å². The Kier molecular flexibility index (Phi) is 8.20. The van der Waals surface area contributed by atoms with Crippen LogP contribution >= 0.6 is 0 Å². The van der Waals surface area contributed by atoms with Gasteiger partial charge in [0.2, 0.25) is 0 Å². The topological polar surface area (TPSA) is 38.7 Å². The van der Waals surface area contributed by atoms with E-state index < -0.39 is 0 Å². The molecule has 0 aromatic rings. The molecule has 0 aromatic carbocycles. The fraction of sp³-hybridized carbons (Fsp3) is 0.600. The lowest BCUT2D eigenvalue weighted by Crippen LogP contribution is -1.99. The Morgan fingerprint density at radius 3 is 2.92 bits per heavy atom. The molecule has 0 spiro atoms. The highest BCUT2D eigenvalue weighted by Crippen LogP contribution is 1.94. The van der Waals surface area contributed by atoms with E-state index in [2.05, 4.69) is 16.7 Å². The number of hydrogen-bond donors (Lipinski definition) is 0. The number of nitrogens with zero attached hydrogens (tertiary/aromatic N) is 1. The van der Waals surface area contributed by atoms with Crippen LogP contribution in [0.4, 0.5) is 0 Å². The van der Waals surface area contributed by atoms with Gasteiger partial charge in [-0.3, -0.25) is 9.79 Å². The zero-order valence-electron chi connectivity index (χ0n) is 8.32. The second kappa shape index (κ2) is 8.97. The summed E-state index contributed by atoms with van der Waals surface area (Å²) in [6, 6.07) is 0. The van der Waals surface area contributed by atoms with Crippen LogP contribution in [0.15, 0.2) is 17.3 Å². The second-order valence-electron chi connectivity index (χ2n) is 2.64. The highest BCUT2D eigenvalue weighted by atomic mass is 16.5. The van der Waals surface area contributed by atoms with E-state index in [0.29, 0.717) is 0 Å². The number of carbonyl (C=O) groups excluding carboxylic acids is 1. The normalized spacial score (nSPS) is 11.2. The van der Waals surface area contributed by atoms with Crippen molar-refractivity contribution < 1.29 is 9.53 Å².